The smallest absolute Gasteiger partial charge is 0.178 e. The van der Waals surface area contributed by atoms with E-state index in [1.165, 1.54) is 0 Å². The standard InChI is InChI=1S/C14H22N2OS/c1-4-16(8-9(2)3)12-7-11(15)14(18-12)13(17)10-5-6-10/h7,9-10H,4-6,8,15H2,1-3H3. The first kappa shape index (κ1) is 13.4. The molecule has 1 saturated carbocycles. The number of carbonyl (C=O) groups is 1. The first-order valence-electron chi connectivity index (χ1n) is 6.71. The molecule has 100 valence electrons. The molecule has 0 spiro atoms. The molecule has 1 fully saturated rings. The second-order valence-electron chi connectivity index (χ2n) is 5.44. The Kier molecular flexibility index (Phi) is 3.95. The number of carbonyl (C=O) groups excluding carboxylic acids is 1. The highest BCUT2D eigenvalue weighted by atomic mass is 32.1. The highest BCUT2D eigenvalue weighted by Gasteiger charge is 2.33. The normalized spacial score (nSPS) is 15.1. The van der Waals surface area contributed by atoms with E-state index in [9.17, 15) is 4.79 Å². The fourth-order valence-corrected chi connectivity index (χ4v) is 3.26. The molecule has 1 aliphatic rings. The number of anilines is 2. The van der Waals surface area contributed by atoms with Crippen molar-refractivity contribution in [2.75, 3.05) is 23.7 Å². The predicted octanol–water partition coefficient (Wildman–Crippen LogP) is 3.41. The molecule has 0 atom stereocenters. The average molecular weight is 266 g/mol. The van der Waals surface area contributed by atoms with Gasteiger partial charge in [0.05, 0.1) is 15.6 Å². The van der Waals surface area contributed by atoms with Gasteiger partial charge >= 0.3 is 0 Å². The van der Waals surface area contributed by atoms with E-state index in [4.69, 9.17) is 5.73 Å². The van der Waals surface area contributed by atoms with Crippen LogP contribution >= 0.6 is 11.3 Å². The second kappa shape index (κ2) is 5.31. The van der Waals surface area contributed by atoms with Gasteiger partial charge in [0.2, 0.25) is 0 Å². The third kappa shape index (κ3) is 2.86. The molecule has 0 bridgehead atoms. The van der Waals surface area contributed by atoms with Gasteiger partial charge in [-0.3, -0.25) is 4.79 Å². The zero-order valence-corrected chi connectivity index (χ0v) is 12.2. The predicted molar refractivity (Wildman–Crippen MR) is 78.5 cm³/mol. The Balaban J connectivity index is 2.18. The summed E-state index contributed by atoms with van der Waals surface area (Å²) >= 11 is 1.56. The molecule has 2 rings (SSSR count). The van der Waals surface area contributed by atoms with Crippen molar-refractivity contribution in [2.45, 2.75) is 33.6 Å². The van der Waals surface area contributed by atoms with Gasteiger partial charge in [-0.2, -0.15) is 0 Å². The fourth-order valence-electron chi connectivity index (χ4n) is 2.09. The molecular formula is C14H22N2OS. The fraction of sp³-hybridized carbons (Fsp3) is 0.643. The van der Waals surface area contributed by atoms with E-state index in [-0.39, 0.29) is 11.7 Å². The lowest BCUT2D eigenvalue weighted by Gasteiger charge is -2.23. The van der Waals surface area contributed by atoms with Crippen molar-refractivity contribution in [3.63, 3.8) is 0 Å². The van der Waals surface area contributed by atoms with Crippen molar-refractivity contribution in [3.05, 3.63) is 10.9 Å². The molecule has 1 aromatic heterocycles. The molecular weight excluding hydrogens is 244 g/mol. The summed E-state index contributed by atoms with van der Waals surface area (Å²) < 4.78 is 0. The maximum Gasteiger partial charge on any atom is 0.178 e. The van der Waals surface area contributed by atoms with Gasteiger partial charge in [0.15, 0.2) is 5.78 Å². The summed E-state index contributed by atoms with van der Waals surface area (Å²) in [6, 6.07) is 1.96. The van der Waals surface area contributed by atoms with Crippen molar-refractivity contribution in [1.29, 1.82) is 0 Å². The van der Waals surface area contributed by atoms with Crippen LogP contribution in [-0.2, 0) is 0 Å². The van der Waals surface area contributed by atoms with Gasteiger partial charge in [-0.15, -0.1) is 11.3 Å². The SMILES string of the molecule is CCN(CC(C)C)c1cc(N)c(C(=O)C2CC2)s1. The number of hydrogen-bond acceptors (Lipinski definition) is 4. The minimum atomic E-state index is 0.249. The molecule has 2 N–H and O–H groups in total. The molecule has 0 aliphatic heterocycles. The van der Waals surface area contributed by atoms with Gasteiger partial charge in [-0.1, -0.05) is 13.8 Å². The van der Waals surface area contributed by atoms with E-state index in [0.717, 1.165) is 35.8 Å². The Morgan fingerprint density at radius 1 is 1.56 bits per heavy atom. The third-order valence-electron chi connectivity index (χ3n) is 3.20. The van der Waals surface area contributed by atoms with E-state index in [1.807, 2.05) is 6.07 Å². The van der Waals surface area contributed by atoms with Gasteiger partial charge in [0.25, 0.3) is 0 Å². The Morgan fingerprint density at radius 3 is 2.72 bits per heavy atom. The zero-order valence-electron chi connectivity index (χ0n) is 11.4. The van der Waals surface area contributed by atoms with Crippen molar-refractivity contribution in [3.8, 4) is 0 Å². The quantitative estimate of drug-likeness (QED) is 0.803. The number of nitrogens with zero attached hydrogens (tertiary/aromatic N) is 1. The maximum atomic E-state index is 12.1. The van der Waals surface area contributed by atoms with Crippen molar-refractivity contribution in [2.24, 2.45) is 11.8 Å². The van der Waals surface area contributed by atoms with Crippen molar-refractivity contribution >= 4 is 27.8 Å². The van der Waals surface area contributed by atoms with Crippen LogP contribution in [0.3, 0.4) is 0 Å². The van der Waals surface area contributed by atoms with Crippen molar-refractivity contribution < 1.29 is 4.79 Å². The van der Waals surface area contributed by atoms with Crippen LogP contribution in [0.4, 0.5) is 10.7 Å². The molecule has 1 aromatic rings. The number of thiophene rings is 1. The van der Waals surface area contributed by atoms with Crippen LogP contribution in [0, 0.1) is 11.8 Å². The van der Waals surface area contributed by atoms with Gasteiger partial charge in [0.1, 0.15) is 0 Å². The number of hydrogen-bond donors (Lipinski definition) is 1. The minimum absolute atomic E-state index is 0.249. The summed E-state index contributed by atoms with van der Waals surface area (Å²) in [5, 5.41) is 1.13. The van der Waals surface area contributed by atoms with Gasteiger partial charge in [-0.25, -0.2) is 0 Å². The minimum Gasteiger partial charge on any atom is -0.397 e. The van der Waals surface area contributed by atoms with Gasteiger partial charge < -0.3 is 10.6 Å². The molecule has 0 unspecified atom stereocenters. The third-order valence-corrected chi connectivity index (χ3v) is 4.42. The summed E-state index contributed by atoms with van der Waals surface area (Å²) in [4.78, 5) is 15.2. The Hall–Kier alpha value is -1.03. The monoisotopic (exact) mass is 266 g/mol. The maximum absolute atomic E-state index is 12.1. The molecule has 0 aromatic carbocycles. The summed E-state index contributed by atoms with van der Waals surface area (Å²) in [6.45, 7) is 8.51. The zero-order chi connectivity index (χ0) is 13.3. The molecule has 3 nitrogen and oxygen atoms in total. The van der Waals surface area contributed by atoms with Gasteiger partial charge in [0, 0.05) is 19.0 Å². The van der Waals surface area contributed by atoms with E-state index in [0.29, 0.717) is 11.6 Å². The highest BCUT2D eigenvalue weighted by Crippen LogP contribution is 2.39. The summed E-state index contributed by atoms with van der Waals surface area (Å²) in [5.74, 6) is 1.11. The molecule has 1 heterocycles. The topological polar surface area (TPSA) is 46.3 Å². The number of Topliss-reactive ketones (excluding diaryl/α,β-unsaturated/α-hetero) is 1. The van der Waals surface area contributed by atoms with Crippen LogP contribution in [0.25, 0.3) is 0 Å². The summed E-state index contributed by atoms with van der Waals surface area (Å²) in [6.07, 6.45) is 2.07. The first-order chi connectivity index (χ1) is 8.52. The number of nitrogen functional groups attached to an aromatic ring is 1. The molecule has 0 saturated heterocycles. The van der Waals surface area contributed by atoms with E-state index in [2.05, 4.69) is 25.7 Å². The molecule has 0 amide bonds. The second-order valence-corrected chi connectivity index (χ2v) is 6.47. The number of nitrogens with two attached hydrogens (primary N) is 1. The van der Waals surface area contributed by atoms with Crippen molar-refractivity contribution in [1.82, 2.24) is 0 Å². The Morgan fingerprint density at radius 2 is 2.22 bits per heavy atom. The number of ketones is 1. The Bertz CT molecular complexity index is 435. The van der Waals surface area contributed by atoms with Crippen LogP contribution in [0.2, 0.25) is 0 Å². The molecule has 0 radical (unpaired) electrons. The molecule has 18 heavy (non-hydrogen) atoms. The van der Waals surface area contributed by atoms with Crippen LogP contribution < -0.4 is 10.6 Å². The molecule has 1 aliphatic carbocycles. The number of rotatable bonds is 6. The van der Waals surface area contributed by atoms with Crippen LogP contribution in [0.5, 0.6) is 0 Å². The lowest BCUT2D eigenvalue weighted by molar-refractivity contribution is 0.0972. The summed E-state index contributed by atoms with van der Waals surface area (Å²) in [5.41, 5.74) is 6.66. The van der Waals surface area contributed by atoms with Crippen LogP contribution in [0.15, 0.2) is 6.07 Å². The molecule has 4 heteroatoms. The van der Waals surface area contributed by atoms with E-state index in [1.54, 1.807) is 11.3 Å². The first-order valence-corrected chi connectivity index (χ1v) is 7.53. The Labute approximate surface area is 113 Å². The van der Waals surface area contributed by atoms with Crippen LogP contribution in [-0.4, -0.2) is 18.9 Å². The van der Waals surface area contributed by atoms with E-state index < -0.39 is 0 Å². The highest BCUT2D eigenvalue weighted by molar-refractivity contribution is 7.18. The average Bonchev–Trinajstić information content (AvgIpc) is 3.08. The van der Waals surface area contributed by atoms with E-state index >= 15 is 0 Å². The van der Waals surface area contributed by atoms with Gasteiger partial charge in [-0.05, 0) is 31.7 Å². The van der Waals surface area contributed by atoms with Crippen LogP contribution in [0.1, 0.15) is 43.3 Å². The largest absolute Gasteiger partial charge is 0.397 e. The lowest BCUT2D eigenvalue weighted by atomic mass is 10.2. The summed E-state index contributed by atoms with van der Waals surface area (Å²) in [7, 11) is 0. The lowest BCUT2D eigenvalue weighted by Crippen LogP contribution is -2.26.